The van der Waals surface area contributed by atoms with Gasteiger partial charge in [0.15, 0.2) is 5.11 Å². The molecule has 1 N–H and O–H groups in total. The van der Waals surface area contributed by atoms with Gasteiger partial charge in [0.1, 0.15) is 11.4 Å². The minimum absolute atomic E-state index is 0.165. The second-order valence-corrected chi connectivity index (χ2v) is 6.71. The second kappa shape index (κ2) is 8.89. The van der Waals surface area contributed by atoms with Crippen LogP contribution in [0.5, 0.6) is 5.75 Å². The van der Waals surface area contributed by atoms with Crippen molar-refractivity contribution in [3.8, 4) is 5.75 Å². The van der Waals surface area contributed by atoms with E-state index < -0.39 is 0 Å². The van der Waals surface area contributed by atoms with Gasteiger partial charge in [-0.3, -0.25) is 9.69 Å². The van der Waals surface area contributed by atoms with E-state index in [4.69, 9.17) is 17.0 Å². The number of hydrogen-bond donors (Lipinski definition) is 1. The lowest BCUT2D eigenvalue weighted by Gasteiger charge is -2.20. The molecular weight excluding hydrogens is 370 g/mol. The maximum atomic E-state index is 12.9. The molecule has 1 fully saturated rings. The normalized spacial score (nSPS) is 15.1. The number of amides is 1. The molecule has 0 bridgehead atoms. The summed E-state index contributed by atoms with van der Waals surface area (Å²) in [4.78, 5) is 16.6. The zero-order valence-electron chi connectivity index (χ0n) is 16.4. The molecule has 28 heavy (non-hydrogen) atoms. The molecule has 0 unspecified atom stereocenters. The lowest BCUT2D eigenvalue weighted by atomic mass is 10.1. The second-order valence-electron chi connectivity index (χ2n) is 6.32. The third kappa shape index (κ3) is 4.17. The van der Waals surface area contributed by atoms with E-state index in [0.29, 0.717) is 23.1 Å². The standard InChI is InChI=1S/C22H25N3O2S/c1-4-24(5-2)17-9-7-16(8-10-17)15-20-21(26)25(22(28)23-20)18-11-13-19(14-12-18)27-6-3/h7-15H,4-6H2,1-3H3,(H,23,28)/b20-15+. The van der Waals surface area contributed by atoms with Gasteiger partial charge in [-0.15, -0.1) is 0 Å². The number of hydrogen-bond acceptors (Lipinski definition) is 4. The fourth-order valence-electron chi connectivity index (χ4n) is 3.16. The number of anilines is 2. The van der Waals surface area contributed by atoms with E-state index in [9.17, 15) is 4.79 Å². The Morgan fingerprint density at radius 1 is 1.04 bits per heavy atom. The van der Waals surface area contributed by atoms with Crippen LogP contribution in [0.3, 0.4) is 0 Å². The van der Waals surface area contributed by atoms with Crippen LogP contribution in [0.15, 0.2) is 54.2 Å². The number of thiocarbonyl (C=S) groups is 1. The number of benzene rings is 2. The predicted octanol–water partition coefficient (Wildman–Crippen LogP) is 4.19. The van der Waals surface area contributed by atoms with Crippen LogP contribution in [0.1, 0.15) is 26.3 Å². The SMILES string of the molecule is CCOc1ccc(N2C(=O)/C(=C\c3ccc(N(CC)CC)cc3)NC2=S)cc1. The maximum absolute atomic E-state index is 12.9. The van der Waals surface area contributed by atoms with Gasteiger partial charge in [-0.1, -0.05) is 12.1 Å². The number of carbonyl (C=O) groups is 1. The number of rotatable bonds is 7. The van der Waals surface area contributed by atoms with E-state index in [2.05, 4.69) is 36.2 Å². The fraction of sp³-hybridized carbons (Fsp3) is 0.273. The largest absolute Gasteiger partial charge is 0.494 e. The van der Waals surface area contributed by atoms with Gasteiger partial charge in [-0.05, 0) is 81.0 Å². The molecule has 0 aromatic heterocycles. The molecule has 1 heterocycles. The van der Waals surface area contributed by atoms with Crippen LogP contribution in [0.4, 0.5) is 11.4 Å². The fourth-order valence-corrected chi connectivity index (χ4v) is 3.46. The summed E-state index contributed by atoms with van der Waals surface area (Å²) < 4.78 is 5.45. The van der Waals surface area contributed by atoms with Gasteiger partial charge in [-0.2, -0.15) is 0 Å². The Hall–Kier alpha value is -2.86. The predicted molar refractivity (Wildman–Crippen MR) is 119 cm³/mol. The highest BCUT2D eigenvalue weighted by molar-refractivity contribution is 7.80. The summed E-state index contributed by atoms with van der Waals surface area (Å²) in [6, 6.07) is 15.5. The highest BCUT2D eigenvalue weighted by Gasteiger charge is 2.31. The van der Waals surface area contributed by atoms with Crippen LogP contribution in [-0.2, 0) is 4.79 Å². The molecule has 1 aliphatic heterocycles. The van der Waals surface area contributed by atoms with Crippen molar-refractivity contribution in [3.05, 3.63) is 59.8 Å². The van der Waals surface area contributed by atoms with Crippen LogP contribution in [-0.4, -0.2) is 30.7 Å². The molecule has 1 saturated heterocycles. The van der Waals surface area contributed by atoms with Crippen molar-refractivity contribution in [2.45, 2.75) is 20.8 Å². The smallest absolute Gasteiger partial charge is 0.281 e. The van der Waals surface area contributed by atoms with Crippen molar-refractivity contribution in [2.24, 2.45) is 0 Å². The van der Waals surface area contributed by atoms with Gasteiger partial charge >= 0.3 is 0 Å². The Balaban J connectivity index is 1.79. The molecule has 0 atom stereocenters. The molecule has 0 saturated carbocycles. The average Bonchev–Trinajstić information content (AvgIpc) is 2.98. The summed E-state index contributed by atoms with van der Waals surface area (Å²) in [6.07, 6.45) is 1.83. The molecule has 3 rings (SSSR count). The molecular formula is C22H25N3O2S. The van der Waals surface area contributed by atoms with Gasteiger partial charge in [0.05, 0.1) is 12.3 Å². The molecule has 1 aliphatic rings. The molecule has 5 nitrogen and oxygen atoms in total. The first-order valence-electron chi connectivity index (χ1n) is 9.52. The van der Waals surface area contributed by atoms with Crippen molar-refractivity contribution in [3.63, 3.8) is 0 Å². The van der Waals surface area contributed by atoms with Crippen molar-refractivity contribution >= 4 is 40.7 Å². The van der Waals surface area contributed by atoms with E-state index in [-0.39, 0.29) is 5.91 Å². The number of carbonyl (C=O) groups excluding carboxylic acids is 1. The Kier molecular flexibility index (Phi) is 6.31. The molecule has 2 aromatic carbocycles. The Morgan fingerprint density at radius 3 is 2.25 bits per heavy atom. The molecule has 1 amide bonds. The molecule has 0 spiro atoms. The lowest BCUT2D eigenvalue weighted by molar-refractivity contribution is -0.113. The molecule has 0 aliphatic carbocycles. The summed E-state index contributed by atoms with van der Waals surface area (Å²) in [5.74, 6) is 0.600. The van der Waals surface area contributed by atoms with Gasteiger partial charge < -0.3 is 15.0 Å². The average molecular weight is 396 g/mol. The topological polar surface area (TPSA) is 44.8 Å². The first kappa shape index (κ1) is 19.9. The summed E-state index contributed by atoms with van der Waals surface area (Å²) in [5.41, 5.74) is 3.30. The summed E-state index contributed by atoms with van der Waals surface area (Å²) in [6.45, 7) is 8.73. The summed E-state index contributed by atoms with van der Waals surface area (Å²) >= 11 is 5.38. The monoisotopic (exact) mass is 395 g/mol. The molecule has 6 heteroatoms. The van der Waals surface area contributed by atoms with Crippen LogP contribution in [0.2, 0.25) is 0 Å². The van der Waals surface area contributed by atoms with Crippen LogP contribution < -0.4 is 19.9 Å². The lowest BCUT2D eigenvalue weighted by Crippen LogP contribution is -2.30. The van der Waals surface area contributed by atoms with E-state index in [1.807, 2.05) is 49.4 Å². The third-order valence-electron chi connectivity index (χ3n) is 4.62. The maximum Gasteiger partial charge on any atom is 0.281 e. The zero-order chi connectivity index (χ0) is 20.1. The number of nitrogens with one attached hydrogen (secondary N) is 1. The Morgan fingerprint density at radius 2 is 1.68 bits per heavy atom. The number of nitrogens with zero attached hydrogens (tertiary/aromatic N) is 2. The van der Waals surface area contributed by atoms with Gasteiger partial charge in [0.2, 0.25) is 0 Å². The summed E-state index contributed by atoms with van der Waals surface area (Å²) in [5, 5.41) is 3.40. The molecule has 2 aromatic rings. The highest BCUT2D eigenvalue weighted by atomic mass is 32.1. The zero-order valence-corrected chi connectivity index (χ0v) is 17.3. The van der Waals surface area contributed by atoms with E-state index in [0.717, 1.165) is 24.4 Å². The van der Waals surface area contributed by atoms with Crippen LogP contribution >= 0.6 is 12.2 Å². The third-order valence-corrected chi connectivity index (χ3v) is 4.90. The van der Waals surface area contributed by atoms with Crippen LogP contribution in [0, 0.1) is 0 Å². The van der Waals surface area contributed by atoms with Gasteiger partial charge in [-0.25, -0.2) is 0 Å². The quantitative estimate of drug-likeness (QED) is 0.562. The summed E-state index contributed by atoms with van der Waals surface area (Å²) in [7, 11) is 0. The van der Waals surface area contributed by atoms with E-state index >= 15 is 0 Å². The Bertz CT molecular complexity index is 872. The van der Waals surface area contributed by atoms with Crippen molar-refractivity contribution in [2.75, 3.05) is 29.5 Å². The minimum atomic E-state index is -0.165. The highest BCUT2D eigenvalue weighted by Crippen LogP contribution is 2.25. The first-order chi connectivity index (χ1) is 13.6. The molecule has 146 valence electrons. The van der Waals surface area contributed by atoms with Crippen molar-refractivity contribution < 1.29 is 9.53 Å². The first-order valence-corrected chi connectivity index (χ1v) is 9.93. The van der Waals surface area contributed by atoms with Gasteiger partial charge in [0.25, 0.3) is 5.91 Å². The number of ether oxygens (including phenoxy) is 1. The van der Waals surface area contributed by atoms with Crippen LogP contribution in [0.25, 0.3) is 6.08 Å². The Labute approximate surface area is 171 Å². The van der Waals surface area contributed by atoms with Crippen molar-refractivity contribution in [1.29, 1.82) is 0 Å². The van der Waals surface area contributed by atoms with Gasteiger partial charge in [0, 0.05) is 18.8 Å². The molecule has 0 radical (unpaired) electrons. The van der Waals surface area contributed by atoms with E-state index in [1.165, 1.54) is 10.6 Å². The minimum Gasteiger partial charge on any atom is -0.494 e. The van der Waals surface area contributed by atoms with Crippen molar-refractivity contribution in [1.82, 2.24) is 5.32 Å². The van der Waals surface area contributed by atoms with E-state index in [1.54, 1.807) is 0 Å².